The van der Waals surface area contributed by atoms with Crippen molar-refractivity contribution in [2.75, 3.05) is 6.54 Å². The summed E-state index contributed by atoms with van der Waals surface area (Å²) in [5.41, 5.74) is 0.973. The number of carbonyl (C=O) groups is 3. The summed E-state index contributed by atoms with van der Waals surface area (Å²) in [5, 5.41) is 3.31. The van der Waals surface area contributed by atoms with Gasteiger partial charge in [-0.3, -0.25) is 19.3 Å². The van der Waals surface area contributed by atoms with E-state index in [9.17, 15) is 14.4 Å². The van der Waals surface area contributed by atoms with Gasteiger partial charge in [0.2, 0.25) is 5.91 Å². The number of hydrogen-bond donors (Lipinski definition) is 1. The molecular formula is C23H30N2O3. The molecule has 2 aliphatic carbocycles. The summed E-state index contributed by atoms with van der Waals surface area (Å²) >= 11 is 0. The quantitative estimate of drug-likeness (QED) is 0.806. The second-order valence-electron chi connectivity index (χ2n) is 8.79. The van der Waals surface area contributed by atoms with Crippen molar-refractivity contribution in [2.24, 2.45) is 17.8 Å². The van der Waals surface area contributed by atoms with Gasteiger partial charge >= 0.3 is 0 Å². The Morgan fingerprint density at radius 1 is 0.964 bits per heavy atom. The van der Waals surface area contributed by atoms with E-state index in [0.717, 1.165) is 32.1 Å². The van der Waals surface area contributed by atoms with Crippen LogP contribution in [-0.2, 0) is 4.79 Å². The third-order valence-corrected chi connectivity index (χ3v) is 6.98. The normalized spacial score (nSPS) is 30.2. The number of rotatable bonds is 4. The van der Waals surface area contributed by atoms with E-state index < -0.39 is 0 Å². The van der Waals surface area contributed by atoms with E-state index in [0.29, 0.717) is 23.6 Å². The number of imide groups is 1. The molecule has 1 aromatic carbocycles. The number of fused-ring (bicyclic) bond motifs is 1. The average Bonchev–Trinajstić information content (AvgIpc) is 2.95. The van der Waals surface area contributed by atoms with Gasteiger partial charge in [0.05, 0.1) is 11.1 Å². The van der Waals surface area contributed by atoms with Crippen LogP contribution in [-0.4, -0.2) is 35.2 Å². The first-order valence-corrected chi connectivity index (χ1v) is 10.8. The van der Waals surface area contributed by atoms with Crippen LogP contribution < -0.4 is 5.32 Å². The van der Waals surface area contributed by atoms with E-state index in [-0.39, 0.29) is 35.6 Å². The summed E-state index contributed by atoms with van der Waals surface area (Å²) in [6.45, 7) is 2.58. The molecule has 5 nitrogen and oxygen atoms in total. The minimum atomic E-state index is -0.216. The summed E-state index contributed by atoms with van der Waals surface area (Å²) in [6.07, 6.45) is 8.50. The summed E-state index contributed by atoms with van der Waals surface area (Å²) in [7, 11) is 0. The summed E-state index contributed by atoms with van der Waals surface area (Å²) in [6, 6.07) is 7.27. The molecule has 0 bridgehead atoms. The van der Waals surface area contributed by atoms with Gasteiger partial charge in [-0.25, -0.2) is 0 Å². The minimum Gasteiger partial charge on any atom is -0.353 e. The molecule has 3 aliphatic rings. The van der Waals surface area contributed by atoms with E-state index in [1.54, 1.807) is 24.3 Å². The highest BCUT2D eigenvalue weighted by atomic mass is 16.2. The highest BCUT2D eigenvalue weighted by molar-refractivity contribution is 6.21. The monoisotopic (exact) mass is 382 g/mol. The van der Waals surface area contributed by atoms with Gasteiger partial charge in [-0.15, -0.1) is 0 Å². The van der Waals surface area contributed by atoms with Crippen molar-refractivity contribution in [3.8, 4) is 0 Å². The third-order valence-electron chi connectivity index (χ3n) is 6.98. The predicted octanol–water partition coefficient (Wildman–Crippen LogP) is 3.78. The van der Waals surface area contributed by atoms with Gasteiger partial charge < -0.3 is 5.32 Å². The van der Waals surface area contributed by atoms with Gasteiger partial charge in [0, 0.05) is 18.5 Å². The van der Waals surface area contributed by atoms with Gasteiger partial charge in [-0.2, -0.15) is 0 Å². The van der Waals surface area contributed by atoms with Crippen molar-refractivity contribution < 1.29 is 14.4 Å². The molecule has 2 fully saturated rings. The topological polar surface area (TPSA) is 66.5 Å². The molecule has 0 spiro atoms. The van der Waals surface area contributed by atoms with Crippen LogP contribution in [0.25, 0.3) is 0 Å². The standard InChI is InChI=1S/C23H30N2O3/c1-15-8-2-7-13-20(15)24-21(26)17-10-4-3-9-16(17)14-25-22(27)18-11-5-6-12-19(18)23(25)28/h5-6,11-12,15-17,20H,2-4,7-10,13-14H2,1H3,(H,24,26). The number of benzene rings is 1. The maximum Gasteiger partial charge on any atom is 0.261 e. The van der Waals surface area contributed by atoms with E-state index in [1.807, 2.05) is 0 Å². The maximum atomic E-state index is 13.1. The van der Waals surface area contributed by atoms with Crippen LogP contribution in [0.15, 0.2) is 24.3 Å². The van der Waals surface area contributed by atoms with Crippen molar-refractivity contribution >= 4 is 17.7 Å². The molecule has 0 aromatic heterocycles. The molecule has 4 unspecified atom stereocenters. The van der Waals surface area contributed by atoms with Gasteiger partial charge in [0.1, 0.15) is 0 Å². The Morgan fingerprint density at radius 3 is 2.25 bits per heavy atom. The fraction of sp³-hybridized carbons (Fsp3) is 0.609. The lowest BCUT2D eigenvalue weighted by Crippen LogP contribution is -2.48. The average molecular weight is 383 g/mol. The highest BCUT2D eigenvalue weighted by Crippen LogP contribution is 2.34. The molecule has 2 saturated carbocycles. The third kappa shape index (κ3) is 3.59. The van der Waals surface area contributed by atoms with E-state index in [1.165, 1.54) is 24.2 Å². The van der Waals surface area contributed by atoms with E-state index in [2.05, 4.69) is 12.2 Å². The summed E-state index contributed by atoms with van der Waals surface area (Å²) < 4.78 is 0. The van der Waals surface area contributed by atoms with E-state index >= 15 is 0 Å². The van der Waals surface area contributed by atoms with E-state index in [4.69, 9.17) is 0 Å². The molecule has 0 radical (unpaired) electrons. The smallest absolute Gasteiger partial charge is 0.261 e. The zero-order valence-electron chi connectivity index (χ0n) is 16.7. The van der Waals surface area contributed by atoms with Crippen molar-refractivity contribution in [1.82, 2.24) is 10.2 Å². The van der Waals surface area contributed by atoms with Crippen molar-refractivity contribution in [3.05, 3.63) is 35.4 Å². The number of nitrogens with zero attached hydrogens (tertiary/aromatic N) is 1. The fourth-order valence-corrected chi connectivity index (χ4v) is 5.23. The second-order valence-corrected chi connectivity index (χ2v) is 8.79. The van der Waals surface area contributed by atoms with Gasteiger partial charge in [0.25, 0.3) is 11.8 Å². The first-order chi connectivity index (χ1) is 13.6. The number of nitrogens with one attached hydrogen (secondary N) is 1. The minimum absolute atomic E-state index is 0.0508. The Kier molecular flexibility index (Phi) is 5.51. The number of hydrogen-bond acceptors (Lipinski definition) is 3. The summed E-state index contributed by atoms with van der Waals surface area (Å²) in [5.74, 6) is 0.163. The Hall–Kier alpha value is -2.17. The van der Waals surface area contributed by atoms with Crippen molar-refractivity contribution in [1.29, 1.82) is 0 Å². The zero-order valence-corrected chi connectivity index (χ0v) is 16.7. The first kappa shape index (κ1) is 19.2. The van der Waals surface area contributed by atoms with Gasteiger partial charge in [0.15, 0.2) is 0 Å². The fourth-order valence-electron chi connectivity index (χ4n) is 5.23. The van der Waals surface area contributed by atoms with Crippen LogP contribution in [0.5, 0.6) is 0 Å². The largest absolute Gasteiger partial charge is 0.353 e. The molecule has 5 heteroatoms. The molecule has 3 amide bonds. The Balaban J connectivity index is 1.45. The molecule has 150 valence electrons. The SMILES string of the molecule is CC1CCCCC1NC(=O)C1CCCCC1CN1C(=O)c2ccccc2C1=O. The Morgan fingerprint density at radius 2 is 1.57 bits per heavy atom. The molecule has 1 aliphatic heterocycles. The maximum absolute atomic E-state index is 13.1. The lowest BCUT2D eigenvalue weighted by molar-refractivity contribution is -0.129. The Labute approximate surface area is 166 Å². The van der Waals surface area contributed by atoms with Crippen LogP contribution in [0.1, 0.15) is 79.0 Å². The van der Waals surface area contributed by atoms with Gasteiger partial charge in [-0.1, -0.05) is 44.7 Å². The molecular weight excluding hydrogens is 352 g/mol. The van der Waals surface area contributed by atoms with Crippen molar-refractivity contribution in [3.63, 3.8) is 0 Å². The number of amides is 3. The molecule has 1 aromatic rings. The first-order valence-electron chi connectivity index (χ1n) is 10.8. The van der Waals surface area contributed by atoms with Crippen LogP contribution >= 0.6 is 0 Å². The Bertz CT molecular complexity index is 740. The molecule has 4 atom stereocenters. The van der Waals surface area contributed by atoms with Gasteiger partial charge in [-0.05, 0) is 49.7 Å². The summed E-state index contributed by atoms with van der Waals surface area (Å²) in [4.78, 5) is 39.9. The van der Waals surface area contributed by atoms with Crippen LogP contribution in [0.3, 0.4) is 0 Å². The van der Waals surface area contributed by atoms with Crippen LogP contribution in [0.2, 0.25) is 0 Å². The molecule has 28 heavy (non-hydrogen) atoms. The molecule has 1 heterocycles. The molecule has 4 rings (SSSR count). The second kappa shape index (κ2) is 8.06. The molecule has 1 N–H and O–H groups in total. The lowest BCUT2D eigenvalue weighted by atomic mass is 9.77. The lowest BCUT2D eigenvalue weighted by Gasteiger charge is -2.36. The predicted molar refractivity (Wildman–Crippen MR) is 107 cm³/mol. The zero-order chi connectivity index (χ0) is 19.7. The molecule has 0 saturated heterocycles. The van der Waals surface area contributed by atoms with Crippen molar-refractivity contribution in [2.45, 2.75) is 64.3 Å². The van der Waals surface area contributed by atoms with Crippen LogP contribution in [0.4, 0.5) is 0 Å². The highest BCUT2D eigenvalue weighted by Gasteiger charge is 2.40. The van der Waals surface area contributed by atoms with Crippen LogP contribution in [0, 0.1) is 17.8 Å². The number of carbonyl (C=O) groups excluding carboxylic acids is 3.